The normalized spacial score (nSPS) is 11.5. The Bertz CT molecular complexity index is 675. The lowest BCUT2D eigenvalue weighted by Gasteiger charge is -2.17. The molecular formula is C19H22ClNO4. The summed E-state index contributed by atoms with van der Waals surface area (Å²) >= 11 is 6.01. The number of halogens is 1. The quantitative estimate of drug-likeness (QED) is 0.690. The average Bonchev–Trinajstić information content (AvgIpc) is 2.65. The Hall–Kier alpha value is -2.40. The molecule has 0 aliphatic rings. The fraction of sp³-hybridized carbons (Fsp3) is 0.316. The van der Waals surface area contributed by atoms with Crippen LogP contribution in [0, 0.1) is 0 Å². The largest absolute Gasteiger partial charge is 0.497 e. The number of methoxy groups -OCH3 is 1. The molecule has 2 rings (SSSR count). The highest BCUT2D eigenvalue weighted by Gasteiger charge is 2.18. The van der Waals surface area contributed by atoms with Gasteiger partial charge in [0.15, 0.2) is 6.10 Å². The van der Waals surface area contributed by atoms with Gasteiger partial charge in [-0.15, -0.1) is 0 Å². The smallest absolute Gasteiger partial charge is 0.261 e. The van der Waals surface area contributed by atoms with Crippen LogP contribution in [0.3, 0.4) is 0 Å². The summed E-state index contributed by atoms with van der Waals surface area (Å²) in [6, 6.07) is 14.3. The molecule has 0 fully saturated rings. The number of carbonyl (C=O) groups excluding carboxylic acids is 1. The minimum absolute atomic E-state index is 0.180. The highest BCUT2D eigenvalue weighted by molar-refractivity contribution is 6.32. The summed E-state index contributed by atoms with van der Waals surface area (Å²) in [7, 11) is 1.60. The molecule has 0 saturated carbocycles. The summed E-state index contributed by atoms with van der Waals surface area (Å²) in [5, 5.41) is 3.35. The first kappa shape index (κ1) is 18.9. The maximum absolute atomic E-state index is 12.2. The Morgan fingerprint density at radius 2 is 1.80 bits per heavy atom. The summed E-state index contributed by atoms with van der Waals surface area (Å²) in [5.74, 6) is 1.78. The molecule has 1 amide bonds. The molecule has 0 radical (unpaired) electrons. The van der Waals surface area contributed by atoms with Crippen molar-refractivity contribution in [1.82, 2.24) is 5.32 Å². The van der Waals surface area contributed by atoms with E-state index in [9.17, 15) is 4.79 Å². The molecule has 1 N–H and O–H groups in total. The number of benzene rings is 2. The number of para-hydroxylation sites is 1. The SMILES string of the molecule is CCC(Oc1ccc(OC)cc1)C(=O)NCCOc1ccccc1Cl. The molecule has 0 aromatic heterocycles. The van der Waals surface area contributed by atoms with Gasteiger partial charge in [0.1, 0.15) is 23.9 Å². The summed E-state index contributed by atoms with van der Waals surface area (Å²) < 4.78 is 16.4. The number of carbonyl (C=O) groups is 1. The number of hydrogen-bond acceptors (Lipinski definition) is 4. The first-order valence-electron chi connectivity index (χ1n) is 8.09. The Morgan fingerprint density at radius 3 is 2.44 bits per heavy atom. The van der Waals surface area contributed by atoms with Crippen LogP contribution in [0.4, 0.5) is 0 Å². The van der Waals surface area contributed by atoms with Crippen molar-refractivity contribution < 1.29 is 19.0 Å². The van der Waals surface area contributed by atoms with Crippen LogP contribution in [-0.2, 0) is 4.79 Å². The molecule has 0 heterocycles. The standard InChI is InChI=1S/C19H22ClNO4/c1-3-17(25-15-10-8-14(23-2)9-11-15)19(22)21-12-13-24-18-7-5-4-6-16(18)20/h4-11,17H,3,12-13H2,1-2H3,(H,21,22). The molecule has 2 aromatic rings. The van der Waals surface area contributed by atoms with Crippen LogP contribution in [0.15, 0.2) is 48.5 Å². The minimum atomic E-state index is -0.561. The summed E-state index contributed by atoms with van der Waals surface area (Å²) in [4.78, 5) is 12.2. The molecule has 6 heteroatoms. The van der Waals surface area contributed by atoms with Gasteiger partial charge in [-0.2, -0.15) is 0 Å². The molecular weight excluding hydrogens is 342 g/mol. The zero-order valence-electron chi connectivity index (χ0n) is 14.3. The second-order valence-corrected chi connectivity index (χ2v) is 5.67. The number of rotatable bonds is 9. The summed E-state index contributed by atoms with van der Waals surface area (Å²) in [6.07, 6.45) is -0.00262. The van der Waals surface area contributed by atoms with E-state index in [1.54, 1.807) is 43.5 Å². The van der Waals surface area contributed by atoms with Crippen LogP contribution in [-0.4, -0.2) is 32.3 Å². The number of amides is 1. The third kappa shape index (κ3) is 5.87. The van der Waals surface area contributed by atoms with Crippen LogP contribution in [0.25, 0.3) is 0 Å². The monoisotopic (exact) mass is 363 g/mol. The van der Waals surface area contributed by atoms with E-state index in [2.05, 4.69) is 5.32 Å². The Kier molecular flexibility index (Phi) is 7.41. The van der Waals surface area contributed by atoms with Crippen molar-refractivity contribution in [2.24, 2.45) is 0 Å². The Labute approximate surface area is 152 Å². The molecule has 0 saturated heterocycles. The van der Waals surface area contributed by atoms with Crippen molar-refractivity contribution in [2.75, 3.05) is 20.3 Å². The van der Waals surface area contributed by atoms with Gasteiger partial charge in [0.05, 0.1) is 18.7 Å². The van der Waals surface area contributed by atoms with Crippen LogP contribution >= 0.6 is 11.6 Å². The lowest BCUT2D eigenvalue weighted by Crippen LogP contribution is -2.39. The number of nitrogens with one attached hydrogen (secondary N) is 1. The zero-order valence-corrected chi connectivity index (χ0v) is 15.1. The van der Waals surface area contributed by atoms with E-state index in [0.717, 1.165) is 5.75 Å². The van der Waals surface area contributed by atoms with Crippen LogP contribution in [0.5, 0.6) is 17.2 Å². The minimum Gasteiger partial charge on any atom is -0.497 e. The highest BCUT2D eigenvalue weighted by Crippen LogP contribution is 2.22. The van der Waals surface area contributed by atoms with Crippen molar-refractivity contribution >= 4 is 17.5 Å². The zero-order chi connectivity index (χ0) is 18.1. The van der Waals surface area contributed by atoms with E-state index >= 15 is 0 Å². The van der Waals surface area contributed by atoms with Crippen LogP contribution in [0.1, 0.15) is 13.3 Å². The Morgan fingerprint density at radius 1 is 1.12 bits per heavy atom. The molecule has 25 heavy (non-hydrogen) atoms. The topological polar surface area (TPSA) is 56.8 Å². The summed E-state index contributed by atoms with van der Waals surface area (Å²) in [6.45, 7) is 2.59. The average molecular weight is 364 g/mol. The molecule has 1 atom stereocenters. The fourth-order valence-electron chi connectivity index (χ4n) is 2.15. The van der Waals surface area contributed by atoms with Crippen LogP contribution in [0.2, 0.25) is 5.02 Å². The van der Waals surface area contributed by atoms with E-state index in [4.69, 9.17) is 25.8 Å². The second kappa shape index (κ2) is 9.79. The van der Waals surface area contributed by atoms with E-state index in [1.165, 1.54) is 0 Å². The lowest BCUT2D eigenvalue weighted by atomic mass is 10.2. The van der Waals surface area contributed by atoms with Gasteiger partial charge in [-0.25, -0.2) is 0 Å². The molecule has 5 nitrogen and oxygen atoms in total. The highest BCUT2D eigenvalue weighted by atomic mass is 35.5. The van der Waals surface area contributed by atoms with Crippen molar-refractivity contribution in [2.45, 2.75) is 19.4 Å². The predicted octanol–water partition coefficient (Wildman–Crippen LogP) is 3.70. The van der Waals surface area contributed by atoms with Gasteiger partial charge < -0.3 is 19.5 Å². The molecule has 2 aromatic carbocycles. The fourth-order valence-corrected chi connectivity index (χ4v) is 2.34. The molecule has 134 valence electrons. The third-order valence-corrected chi connectivity index (χ3v) is 3.81. The van der Waals surface area contributed by atoms with Gasteiger partial charge >= 0.3 is 0 Å². The van der Waals surface area contributed by atoms with Gasteiger partial charge in [0, 0.05) is 0 Å². The third-order valence-electron chi connectivity index (χ3n) is 3.50. The van der Waals surface area contributed by atoms with Crippen molar-refractivity contribution in [3.05, 3.63) is 53.6 Å². The Balaban J connectivity index is 1.78. The van der Waals surface area contributed by atoms with Gasteiger partial charge in [0.25, 0.3) is 5.91 Å². The molecule has 0 bridgehead atoms. The van der Waals surface area contributed by atoms with E-state index in [-0.39, 0.29) is 5.91 Å². The van der Waals surface area contributed by atoms with Gasteiger partial charge in [-0.1, -0.05) is 30.7 Å². The predicted molar refractivity (Wildman–Crippen MR) is 97.7 cm³/mol. The molecule has 0 aliphatic heterocycles. The van der Waals surface area contributed by atoms with Crippen molar-refractivity contribution in [3.63, 3.8) is 0 Å². The lowest BCUT2D eigenvalue weighted by molar-refractivity contribution is -0.128. The van der Waals surface area contributed by atoms with Gasteiger partial charge in [-0.3, -0.25) is 4.79 Å². The first-order chi connectivity index (χ1) is 12.1. The van der Waals surface area contributed by atoms with Crippen molar-refractivity contribution in [3.8, 4) is 17.2 Å². The first-order valence-corrected chi connectivity index (χ1v) is 8.47. The van der Waals surface area contributed by atoms with Gasteiger partial charge in [-0.05, 0) is 42.8 Å². The molecule has 1 unspecified atom stereocenters. The van der Waals surface area contributed by atoms with E-state index in [0.29, 0.717) is 36.1 Å². The number of hydrogen-bond donors (Lipinski definition) is 1. The van der Waals surface area contributed by atoms with E-state index in [1.807, 2.05) is 19.1 Å². The number of ether oxygens (including phenoxy) is 3. The summed E-state index contributed by atoms with van der Waals surface area (Å²) in [5.41, 5.74) is 0. The molecule has 0 spiro atoms. The molecule has 0 aliphatic carbocycles. The second-order valence-electron chi connectivity index (χ2n) is 5.26. The maximum atomic E-state index is 12.2. The van der Waals surface area contributed by atoms with Crippen molar-refractivity contribution in [1.29, 1.82) is 0 Å². The maximum Gasteiger partial charge on any atom is 0.261 e. The van der Waals surface area contributed by atoms with Crippen LogP contribution < -0.4 is 19.5 Å². The van der Waals surface area contributed by atoms with Gasteiger partial charge in [0.2, 0.25) is 0 Å². The van der Waals surface area contributed by atoms with E-state index < -0.39 is 6.10 Å².